The highest BCUT2D eigenvalue weighted by molar-refractivity contribution is 6.12. The van der Waals surface area contributed by atoms with Gasteiger partial charge in [0.15, 0.2) is 17.5 Å². The second-order valence-electron chi connectivity index (χ2n) is 13.4. The van der Waals surface area contributed by atoms with Crippen LogP contribution in [0.3, 0.4) is 0 Å². The van der Waals surface area contributed by atoms with Gasteiger partial charge in [-0.1, -0.05) is 109 Å². The van der Waals surface area contributed by atoms with Gasteiger partial charge in [-0.05, 0) is 95.0 Å². The lowest BCUT2D eigenvalue weighted by Crippen LogP contribution is -2.07. The standard InChI is InChI=1S/C45H33N3O/c1-2-13-29(14-3-1)43-46-44(38-25-32-16-6-7-17-34(32)35-18-8-9-19-36(35)38)48-45(47-43)39-26-33(31-23-22-28-12-4-5-15-30(28)24-31)27-41-42(39)37-20-10-11-21-40(37)49-41/h1-3,5-8,10-11,13-18,20-23,25-27,31H,4,9,12,19,24H2. The Morgan fingerprint density at radius 2 is 1.35 bits per heavy atom. The van der Waals surface area contributed by atoms with Crippen molar-refractivity contribution in [2.24, 2.45) is 0 Å². The van der Waals surface area contributed by atoms with Gasteiger partial charge in [-0.15, -0.1) is 0 Å². The number of hydrogen-bond acceptors (Lipinski definition) is 4. The van der Waals surface area contributed by atoms with Gasteiger partial charge >= 0.3 is 0 Å². The lowest BCUT2D eigenvalue weighted by molar-refractivity contribution is 0.667. The molecule has 234 valence electrons. The molecular formula is C45H33N3O. The molecule has 0 spiro atoms. The fraction of sp³-hybridized carbons (Fsp3) is 0.133. The van der Waals surface area contributed by atoms with E-state index in [1.54, 1.807) is 0 Å². The number of para-hydroxylation sites is 1. The molecule has 0 N–H and O–H groups in total. The molecule has 3 aliphatic carbocycles. The maximum Gasteiger partial charge on any atom is 0.164 e. The highest BCUT2D eigenvalue weighted by Crippen LogP contribution is 2.43. The van der Waals surface area contributed by atoms with E-state index in [0.717, 1.165) is 70.7 Å². The van der Waals surface area contributed by atoms with E-state index in [4.69, 9.17) is 19.4 Å². The Morgan fingerprint density at radius 3 is 2.27 bits per heavy atom. The van der Waals surface area contributed by atoms with E-state index in [9.17, 15) is 0 Å². The van der Waals surface area contributed by atoms with Crippen molar-refractivity contribution in [2.45, 2.75) is 38.0 Å². The molecule has 0 saturated heterocycles. The summed E-state index contributed by atoms with van der Waals surface area (Å²) in [6, 6.07) is 34.0. The molecular weight excluding hydrogens is 599 g/mol. The van der Waals surface area contributed by atoms with Crippen LogP contribution in [0.1, 0.15) is 48.3 Å². The Bertz CT molecular complexity index is 2580. The first-order valence-electron chi connectivity index (χ1n) is 17.3. The minimum Gasteiger partial charge on any atom is -0.456 e. The van der Waals surface area contributed by atoms with Crippen LogP contribution in [-0.4, -0.2) is 15.0 Å². The zero-order valence-electron chi connectivity index (χ0n) is 27.1. The van der Waals surface area contributed by atoms with E-state index in [2.05, 4.69) is 103 Å². The zero-order valence-corrected chi connectivity index (χ0v) is 27.1. The van der Waals surface area contributed by atoms with Gasteiger partial charge in [0, 0.05) is 33.4 Å². The summed E-state index contributed by atoms with van der Waals surface area (Å²) in [5, 5.41) is 4.55. The van der Waals surface area contributed by atoms with Gasteiger partial charge in [-0.2, -0.15) is 0 Å². The first-order valence-corrected chi connectivity index (χ1v) is 17.3. The van der Waals surface area contributed by atoms with Crippen molar-refractivity contribution in [3.8, 4) is 34.2 Å². The van der Waals surface area contributed by atoms with E-state index in [-0.39, 0.29) is 5.92 Å². The molecule has 4 nitrogen and oxygen atoms in total. The molecule has 7 aromatic rings. The third-order valence-electron chi connectivity index (χ3n) is 10.4. The van der Waals surface area contributed by atoms with Crippen molar-refractivity contribution in [1.82, 2.24) is 15.0 Å². The molecule has 10 rings (SSSR count). The Morgan fingerprint density at radius 1 is 0.592 bits per heavy atom. The Kier molecular flexibility index (Phi) is 6.54. The third-order valence-corrected chi connectivity index (χ3v) is 10.4. The molecule has 0 aliphatic heterocycles. The minimum absolute atomic E-state index is 0.229. The molecule has 0 radical (unpaired) electrons. The fourth-order valence-corrected chi connectivity index (χ4v) is 7.99. The molecule has 0 amide bonds. The summed E-state index contributed by atoms with van der Waals surface area (Å²) in [5.41, 5.74) is 11.4. The first kappa shape index (κ1) is 28.2. The largest absolute Gasteiger partial charge is 0.456 e. The van der Waals surface area contributed by atoms with Crippen LogP contribution < -0.4 is 0 Å². The van der Waals surface area contributed by atoms with Crippen LogP contribution in [-0.2, 0) is 6.42 Å². The van der Waals surface area contributed by atoms with E-state index in [1.807, 2.05) is 30.3 Å². The molecule has 2 aromatic heterocycles. The first-order chi connectivity index (χ1) is 24.3. The Balaban J connectivity index is 1.24. The zero-order chi connectivity index (χ0) is 32.3. The van der Waals surface area contributed by atoms with Crippen LogP contribution in [0.4, 0.5) is 0 Å². The number of nitrogens with zero attached hydrogens (tertiary/aromatic N) is 3. The second-order valence-corrected chi connectivity index (χ2v) is 13.4. The lowest BCUT2D eigenvalue weighted by Gasteiger charge is -2.24. The highest BCUT2D eigenvalue weighted by atomic mass is 16.3. The number of allylic oxidation sites excluding steroid dienone is 7. The summed E-state index contributed by atoms with van der Waals surface area (Å²) in [6.07, 6.45) is 19.0. The van der Waals surface area contributed by atoms with Gasteiger partial charge in [0.2, 0.25) is 0 Å². The molecule has 5 aromatic carbocycles. The number of fused-ring (bicyclic) bond motifs is 6. The van der Waals surface area contributed by atoms with Crippen LogP contribution >= 0.6 is 0 Å². The van der Waals surface area contributed by atoms with Crippen LogP contribution in [0, 0.1) is 0 Å². The van der Waals surface area contributed by atoms with E-state index < -0.39 is 0 Å². The molecule has 1 unspecified atom stereocenters. The minimum atomic E-state index is 0.229. The van der Waals surface area contributed by atoms with Crippen molar-refractivity contribution in [3.63, 3.8) is 0 Å². The topological polar surface area (TPSA) is 51.8 Å². The molecule has 0 saturated carbocycles. The van der Waals surface area contributed by atoms with Gasteiger partial charge < -0.3 is 4.42 Å². The number of aromatic nitrogens is 3. The molecule has 3 aliphatic rings. The number of benzene rings is 5. The predicted octanol–water partition coefficient (Wildman–Crippen LogP) is 11.6. The quantitative estimate of drug-likeness (QED) is 0.194. The summed E-state index contributed by atoms with van der Waals surface area (Å²) in [5.74, 6) is 2.26. The Labute approximate surface area is 284 Å². The van der Waals surface area contributed by atoms with Gasteiger partial charge in [0.05, 0.1) is 0 Å². The summed E-state index contributed by atoms with van der Waals surface area (Å²) >= 11 is 0. The summed E-state index contributed by atoms with van der Waals surface area (Å²) in [6.45, 7) is 0. The molecule has 49 heavy (non-hydrogen) atoms. The van der Waals surface area contributed by atoms with Crippen LogP contribution in [0.15, 0.2) is 143 Å². The third kappa shape index (κ3) is 4.78. The highest BCUT2D eigenvalue weighted by Gasteiger charge is 2.25. The average Bonchev–Trinajstić information content (AvgIpc) is 3.56. The van der Waals surface area contributed by atoms with Crippen molar-refractivity contribution >= 4 is 38.8 Å². The molecule has 0 bridgehead atoms. The molecule has 1 atom stereocenters. The van der Waals surface area contributed by atoms with Crippen molar-refractivity contribution in [3.05, 3.63) is 155 Å². The van der Waals surface area contributed by atoms with Gasteiger partial charge in [0.25, 0.3) is 0 Å². The average molecular weight is 632 g/mol. The van der Waals surface area contributed by atoms with Crippen molar-refractivity contribution in [2.75, 3.05) is 0 Å². The van der Waals surface area contributed by atoms with Crippen LogP contribution in [0.25, 0.3) is 73.0 Å². The lowest BCUT2D eigenvalue weighted by atomic mass is 9.81. The fourth-order valence-electron chi connectivity index (χ4n) is 7.99. The van der Waals surface area contributed by atoms with Crippen LogP contribution in [0.5, 0.6) is 0 Å². The number of rotatable bonds is 4. The molecule has 4 heteroatoms. The normalized spacial score (nSPS) is 16.9. The maximum atomic E-state index is 6.58. The van der Waals surface area contributed by atoms with Crippen molar-refractivity contribution in [1.29, 1.82) is 0 Å². The van der Waals surface area contributed by atoms with E-state index in [1.165, 1.54) is 38.6 Å². The van der Waals surface area contributed by atoms with Gasteiger partial charge in [0.1, 0.15) is 11.2 Å². The van der Waals surface area contributed by atoms with Crippen LogP contribution in [0.2, 0.25) is 0 Å². The predicted molar refractivity (Wildman–Crippen MR) is 200 cm³/mol. The molecule has 0 fully saturated rings. The summed E-state index contributed by atoms with van der Waals surface area (Å²) in [4.78, 5) is 15.8. The monoisotopic (exact) mass is 631 g/mol. The van der Waals surface area contributed by atoms with Crippen molar-refractivity contribution < 1.29 is 4.42 Å². The maximum absolute atomic E-state index is 6.58. The number of furan rings is 1. The second kappa shape index (κ2) is 11.4. The van der Waals surface area contributed by atoms with E-state index >= 15 is 0 Å². The summed E-state index contributed by atoms with van der Waals surface area (Å²) < 4.78 is 6.58. The Hall–Kier alpha value is -5.87. The van der Waals surface area contributed by atoms with Gasteiger partial charge in [-0.25, -0.2) is 15.0 Å². The number of hydrogen-bond donors (Lipinski definition) is 0. The SMILES string of the molecule is C1=CC2=C(C=CC(c3cc(-c4nc(-c5ccccc5)nc(-c5cc6ccccc6c6c5CCC=C6)n4)c4c(c3)oc3ccccc34)C2)CC1. The van der Waals surface area contributed by atoms with E-state index in [0.29, 0.717) is 17.5 Å². The summed E-state index contributed by atoms with van der Waals surface area (Å²) in [7, 11) is 0. The smallest absolute Gasteiger partial charge is 0.164 e. The molecule has 2 heterocycles. The van der Waals surface area contributed by atoms with Gasteiger partial charge in [-0.3, -0.25) is 0 Å².